The number of hydrogen-bond donors (Lipinski definition) is 2. The summed E-state index contributed by atoms with van der Waals surface area (Å²) >= 11 is 11.9. The molecular formula is C23H16Cl2F3N5O4S. The number of amides is 1. The summed E-state index contributed by atoms with van der Waals surface area (Å²) in [6.07, 6.45) is -3.51. The van der Waals surface area contributed by atoms with Crippen LogP contribution in [0.5, 0.6) is 5.75 Å². The number of fused-ring (bicyclic) bond motifs is 1. The molecule has 38 heavy (non-hydrogen) atoms. The van der Waals surface area contributed by atoms with Crippen LogP contribution < -0.4 is 14.8 Å². The van der Waals surface area contributed by atoms with Gasteiger partial charge in [-0.25, -0.2) is 27.4 Å². The van der Waals surface area contributed by atoms with E-state index in [4.69, 9.17) is 27.9 Å². The van der Waals surface area contributed by atoms with Gasteiger partial charge in [-0.3, -0.25) is 5.32 Å². The van der Waals surface area contributed by atoms with Gasteiger partial charge in [0.25, 0.3) is 0 Å². The molecule has 2 aromatic carbocycles. The molecule has 198 valence electrons. The summed E-state index contributed by atoms with van der Waals surface area (Å²) in [6.45, 7) is 0. The third-order valence-corrected chi connectivity index (χ3v) is 7.70. The summed E-state index contributed by atoms with van der Waals surface area (Å²) in [5.41, 5.74) is -1.34. The number of nitrogens with one attached hydrogen (secondary N) is 2. The molecule has 0 spiro atoms. The fourth-order valence-corrected chi connectivity index (χ4v) is 5.14. The first kappa shape index (κ1) is 26.2. The van der Waals surface area contributed by atoms with Crippen molar-refractivity contribution >= 4 is 50.7 Å². The van der Waals surface area contributed by atoms with Crippen LogP contribution in [-0.4, -0.2) is 35.2 Å². The van der Waals surface area contributed by atoms with Crippen LogP contribution >= 0.6 is 23.2 Å². The van der Waals surface area contributed by atoms with Crippen LogP contribution in [0.3, 0.4) is 0 Å². The quantitative estimate of drug-likeness (QED) is 0.297. The Kier molecular flexibility index (Phi) is 6.71. The Bertz CT molecular complexity index is 1670. The number of carbonyl (C=O) groups is 1. The Hall–Kier alpha value is -3.39. The molecule has 0 radical (unpaired) electrons. The van der Waals surface area contributed by atoms with Gasteiger partial charge in [-0.05, 0) is 49.2 Å². The number of rotatable bonds is 6. The highest BCUT2D eigenvalue weighted by molar-refractivity contribution is 7.89. The van der Waals surface area contributed by atoms with Crippen molar-refractivity contribution in [3.05, 3.63) is 70.5 Å². The molecule has 1 amide bonds. The second kappa shape index (κ2) is 9.73. The number of alkyl halides is 3. The molecular weight excluding hydrogens is 570 g/mol. The predicted octanol–water partition coefficient (Wildman–Crippen LogP) is 5.77. The van der Waals surface area contributed by atoms with Gasteiger partial charge >= 0.3 is 12.3 Å². The predicted molar refractivity (Wildman–Crippen MR) is 133 cm³/mol. The zero-order chi connectivity index (χ0) is 27.2. The first-order valence-electron chi connectivity index (χ1n) is 10.9. The number of sulfonamides is 1. The van der Waals surface area contributed by atoms with E-state index in [0.717, 1.165) is 25.1 Å². The second-order valence-electron chi connectivity index (χ2n) is 8.34. The third kappa shape index (κ3) is 5.55. The number of benzene rings is 2. The van der Waals surface area contributed by atoms with Gasteiger partial charge in [0, 0.05) is 17.3 Å². The van der Waals surface area contributed by atoms with Crippen LogP contribution in [-0.2, 0) is 16.2 Å². The average Bonchev–Trinajstić information content (AvgIpc) is 3.57. The number of hydrogen-bond acceptors (Lipinski definition) is 6. The molecule has 9 nitrogen and oxygen atoms in total. The maximum absolute atomic E-state index is 13.8. The third-order valence-electron chi connectivity index (χ3n) is 5.44. The van der Waals surface area contributed by atoms with E-state index in [1.54, 1.807) is 0 Å². The first-order chi connectivity index (χ1) is 17.9. The number of anilines is 1. The van der Waals surface area contributed by atoms with E-state index in [9.17, 15) is 26.4 Å². The van der Waals surface area contributed by atoms with Gasteiger partial charge in [0.05, 0.1) is 26.8 Å². The molecule has 2 aromatic heterocycles. The van der Waals surface area contributed by atoms with Gasteiger partial charge in [-0.2, -0.15) is 18.3 Å². The fraction of sp³-hybridized carbons (Fsp3) is 0.174. The highest BCUT2D eigenvalue weighted by Crippen LogP contribution is 2.35. The van der Waals surface area contributed by atoms with E-state index in [2.05, 4.69) is 20.1 Å². The van der Waals surface area contributed by atoms with Gasteiger partial charge in [0.15, 0.2) is 17.1 Å². The van der Waals surface area contributed by atoms with E-state index in [1.807, 2.05) is 0 Å². The molecule has 0 atom stereocenters. The topological polar surface area (TPSA) is 115 Å². The van der Waals surface area contributed by atoms with E-state index < -0.39 is 28.0 Å². The van der Waals surface area contributed by atoms with E-state index in [-0.39, 0.29) is 49.3 Å². The van der Waals surface area contributed by atoms with Crippen LogP contribution in [0.2, 0.25) is 10.0 Å². The lowest BCUT2D eigenvalue weighted by Crippen LogP contribution is -2.26. The molecule has 4 aromatic rings. The van der Waals surface area contributed by atoms with Crippen LogP contribution in [0, 0.1) is 0 Å². The number of carbonyl (C=O) groups excluding carboxylic acids is 1. The Morgan fingerprint density at radius 3 is 2.53 bits per heavy atom. The number of nitrogens with zero attached hydrogens (tertiary/aromatic N) is 3. The zero-order valence-electron chi connectivity index (χ0n) is 19.0. The van der Waals surface area contributed by atoms with Gasteiger partial charge in [0.2, 0.25) is 10.0 Å². The van der Waals surface area contributed by atoms with Crippen molar-refractivity contribution < 1.29 is 31.1 Å². The first-order valence-corrected chi connectivity index (χ1v) is 13.2. The molecule has 5 rings (SSSR count). The largest absolute Gasteiger partial charge is 0.433 e. The summed E-state index contributed by atoms with van der Waals surface area (Å²) in [5.74, 6) is -0.367. The zero-order valence-corrected chi connectivity index (χ0v) is 21.3. The summed E-state index contributed by atoms with van der Waals surface area (Å²) in [6, 6.07) is 10.3. The SMILES string of the molecule is O=C(Nc1cccc(S(=O)(=O)NC2CC2)c1)Oc1cnn2c(C(F)(F)F)cc(-c3ccc(Cl)c(Cl)c3)nc12. The minimum absolute atomic E-state index is 0.0686. The fourth-order valence-electron chi connectivity index (χ4n) is 3.49. The standard InChI is InChI=1S/C23H16Cl2F3N5O4S/c24-16-7-4-12(8-17(16)25)18-10-20(23(26,27)28)33-21(31-18)19(11-29-33)37-22(34)30-14-2-1-3-15(9-14)38(35,36)32-13-5-6-13/h1-4,7-11,13,32H,5-6H2,(H,30,34). The monoisotopic (exact) mass is 585 g/mol. The molecule has 0 unspecified atom stereocenters. The normalized spacial score (nSPS) is 14.0. The average molecular weight is 586 g/mol. The van der Waals surface area contributed by atoms with Crippen molar-refractivity contribution in [1.29, 1.82) is 0 Å². The second-order valence-corrected chi connectivity index (χ2v) is 10.9. The molecule has 0 saturated heterocycles. The van der Waals surface area contributed by atoms with Gasteiger partial charge in [-0.1, -0.05) is 35.3 Å². The van der Waals surface area contributed by atoms with Gasteiger partial charge < -0.3 is 4.74 Å². The molecule has 2 N–H and O–H groups in total. The number of halogens is 5. The van der Waals surface area contributed by atoms with Crippen molar-refractivity contribution in [3.8, 4) is 17.0 Å². The van der Waals surface area contributed by atoms with Gasteiger partial charge in [-0.15, -0.1) is 0 Å². The lowest BCUT2D eigenvalue weighted by Gasteiger charge is -2.12. The molecule has 0 aliphatic heterocycles. The molecule has 1 fully saturated rings. The Labute approximate surface area is 223 Å². The molecule has 2 heterocycles. The van der Waals surface area contributed by atoms with E-state index >= 15 is 0 Å². The Balaban J connectivity index is 1.44. The maximum atomic E-state index is 13.8. The highest BCUT2D eigenvalue weighted by Gasteiger charge is 2.36. The van der Waals surface area contributed by atoms with Crippen LogP contribution in [0.1, 0.15) is 18.5 Å². The Morgan fingerprint density at radius 1 is 1.08 bits per heavy atom. The molecule has 1 aliphatic carbocycles. The van der Waals surface area contributed by atoms with Crippen LogP contribution in [0.15, 0.2) is 59.6 Å². The smallest absolute Gasteiger partial charge is 0.404 e. The lowest BCUT2D eigenvalue weighted by molar-refractivity contribution is -0.142. The van der Waals surface area contributed by atoms with Crippen molar-refractivity contribution in [2.24, 2.45) is 0 Å². The van der Waals surface area contributed by atoms with Crippen molar-refractivity contribution in [2.75, 3.05) is 5.32 Å². The number of aromatic nitrogens is 3. The van der Waals surface area contributed by atoms with Crippen molar-refractivity contribution in [1.82, 2.24) is 19.3 Å². The van der Waals surface area contributed by atoms with Crippen molar-refractivity contribution in [3.63, 3.8) is 0 Å². The summed E-state index contributed by atoms with van der Waals surface area (Å²) < 4.78 is 74.6. The van der Waals surface area contributed by atoms with Crippen LogP contribution in [0.4, 0.5) is 23.7 Å². The summed E-state index contributed by atoms with van der Waals surface area (Å²) in [7, 11) is -3.78. The Morgan fingerprint density at radius 2 is 1.84 bits per heavy atom. The van der Waals surface area contributed by atoms with E-state index in [0.29, 0.717) is 4.52 Å². The summed E-state index contributed by atoms with van der Waals surface area (Å²) in [5, 5.41) is 6.36. The minimum Gasteiger partial charge on any atom is -0.404 e. The molecule has 1 aliphatic rings. The summed E-state index contributed by atoms with van der Waals surface area (Å²) in [4.78, 5) is 16.7. The highest BCUT2D eigenvalue weighted by atomic mass is 35.5. The van der Waals surface area contributed by atoms with Gasteiger partial charge in [0.1, 0.15) is 0 Å². The maximum Gasteiger partial charge on any atom is 0.433 e. The van der Waals surface area contributed by atoms with E-state index in [1.165, 1.54) is 42.5 Å². The lowest BCUT2D eigenvalue weighted by atomic mass is 10.1. The molecule has 15 heteroatoms. The van der Waals surface area contributed by atoms with Crippen molar-refractivity contribution in [2.45, 2.75) is 30.0 Å². The molecule has 0 bridgehead atoms. The minimum atomic E-state index is -4.82. The van der Waals surface area contributed by atoms with Crippen LogP contribution in [0.25, 0.3) is 16.9 Å². The molecule has 1 saturated carbocycles. The number of ether oxygens (including phenoxy) is 1.